The molecule has 8 nitrogen and oxygen atoms in total. The maximum Gasteiger partial charge on any atom is 0.248 e. The van der Waals surface area contributed by atoms with Gasteiger partial charge in [0, 0.05) is 21.5 Å². The van der Waals surface area contributed by atoms with Gasteiger partial charge in [-0.15, -0.1) is 11.8 Å². The lowest BCUT2D eigenvalue weighted by Gasteiger charge is -2.38. The average Bonchev–Trinajstić information content (AvgIpc) is 3.49. The van der Waals surface area contributed by atoms with Crippen LogP contribution in [-0.2, 0) is 14.4 Å². The Morgan fingerprint density at radius 1 is 1.11 bits per heavy atom. The van der Waals surface area contributed by atoms with Crippen molar-refractivity contribution in [3.63, 3.8) is 0 Å². The third-order valence-electron chi connectivity index (χ3n) is 7.99. The first-order valence-electron chi connectivity index (χ1n) is 12.8. The van der Waals surface area contributed by atoms with Crippen molar-refractivity contribution < 1.29 is 24.2 Å². The van der Waals surface area contributed by atoms with Crippen LogP contribution < -0.4 is 15.4 Å². The quantitative estimate of drug-likeness (QED) is 0.398. The van der Waals surface area contributed by atoms with Gasteiger partial charge in [0.1, 0.15) is 11.8 Å². The van der Waals surface area contributed by atoms with Crippen LogP contribution in [0.1, 0.15) is 20.3 Å². The second-order valence-electron chi connectivity index (χ2n) is 10.5. The Labute approximate surface area is 235 Å². The number of amides is 3. The van der Waals surface area contributed by atoms with Crippen LogP contribution in [-0.4, -0.2) is 68.4 Å². The first kappa shape index (κ1) is 27.0. The number of hydrogen-bond acceptors (Lipinski definition) is 6. The van der Waals surface area contributed by atoms with E-state index in [9.17, 15) is 19.5 Å². The smallest absolute Gasteiger partial charge is 0.248 e. The highest BCUT2D eigenvalue weighted by molar-refractivity contribution is 9.09. The molecular formula is C28H32BrN3O5S. The molecule has 3 aliphatic heterocycles. The van der Waals surface area contributed by atoms with Crippen LogP contribution in [0.3, 0.4) is 0 Å². The number of ether oxygens (including phenoxy) is 1. The van der Waals surface area contributed by atoms with E-state index in [1.165, 1.54) is 0 Å². The topological polar surface area (TPSA) is 108 Å². The molecule has 0 radical (unpaired) electrons. The Morgan fingerprint density at radius 3 is 2.34 bits per heavy atom. The molecule has 10 heteroatoms. The van der Waals surface area contributed by atoms with E-state index in [-0.39, 0.29) is 40.3 Å². The number of carbonyl (C=O) groups excluding carboxylic acids is 3. The van der Waals surface area contributed by atoms with E-state index in [1.807, 2.05) is 44.2 Å². The van der Waals surface area contributed by atoms with Crippen molar-refractivity contribution in [2.45, 2.75) is 47.2 Å². The maximum absolute atomic E-state index is 14.2. The molecule has 2 aromatic carbocycles. The van der Waals surface area contributed by atoms with Crippen LogP contribution in [0.15, 0.2) is 54.6 Å². The van der Waals surface area contributed by atoms with Crippen LogP contribution >= 0.6 is 27.7 Å². The first-order valence-corrected chi connectivity index (χ1v) is 14.6. The number of aliphatic hydroxyl groups excluding tert-OH is 1. The minimum atomic E-state index is -0.841. The van der Waals surface area contributed by atoms with Crippen molar-refractivity contribution in [2.75, 3.05) is 24.4 Å². The molecule has 202 valence electrons. The van der Waals surface area contributed by atoms with Gasteiger partial charge in [-0.3, -0.25) is 14.4 Å². The molecule has 3 N–H and O–H groups in total. The summed E-state index contributed by atoms with van der Waals surface area (Å²) in [5.74, 6) is -1.49. The van der Waals surface area contributed by atoms with Crippen molar-refractivity contribution in [3.05, 3.63) is 54.6 Å². The summed E-state index contributed by atoms with van der Waals surface area (Å²) in [6, 6.07) is 14.8. The summed E-state index contributed by atoms with van der Waals surface area (Å²) in [5, 5.41) is 16.2. The number of alkyl halides is 1. The zero-order valence-corrected chi connectivity index (χ0v) is 23.9. The van der Waals surface area contributed by atoms with Gasteiger partial charge >= 0.3 is 0 Å². The molecule has 38 heavy (non-hydrogen) atoms. The number of anilines is 2. The number of benzene rings is 2. The van der Waals surface area contributed by atoms with E-state index >= 15 is 0 Å². The fraction of sp³-hybridized carbons (Fsp3) is 0.464. The van der Waals surface area contributed by atoms with E-state index < -0.39 is 28.7 Å². The second kappa shape index (κ2) is 10.5. The van der Waals surface area contributed by atoms with Gasteiger partial charge in [-0.05, 0) is 48.7 Å². The third-order valence-corrected chi connectivity index (χ3v) is 11.2. The second-order valence-corrected chi connectivity index (χ2v) is 13.2. The standard InChI is InChI=1S/C28H32BrN3O5S/c1-15(2)20(14-33)32-24(26(35)31-17-9-11-18(37-3)12-10-17)28-13-19(29)23(38-28)21(22(28)27(32)36)25(34)30-16-7-5-4-6-8-16/h4-12,15,19-24,33H,13-14H2,1-3H3,(H,30,34)(H,31,35)/t19?,20-,21+,22-,23+,24?,28?/m0/s1. The Kier molecular flexibility index (Phi) is 7.50. The minimum Gasteiger partial charge on any atom is -0.497 e. The van der Waals surface area contributed by atoms with E-state index in [4.69, 9.17) is 4.74 Å². The van der Waals surface area contributed by atoms with Crippen LogP contribution in [0.5, 0.6) is 5.75 Å². The van der Waals surface area contributed by atoms with Crippen molar-refractivity contribution in [3.8, 4) is 5.75 Å². The monoisotopic (exact) mass is 601 g/mol. The van der Waals surface area contributed by atoms with E-state index in [0.717, 1.165) is 0 Å². The van der Waals surface area contributed by atoms with Gasteiger partial charge in [0.25, 0.3) is 0 Å². The number of halogens is 1. The lowest BCUT2D eigenvalue weighted by Crippen LogP contribution is -2.56. The van der Waals surface area contributed by atoms with E-state index in [2.05, 4.69) is 26.6 Å². The number of likely N-dealkylation sites (tertiary alicyclic amines) is 1. The molecule has 7 atom stereocenters. The number of hydrogen-bond donors (Lipinski definition) is 3. The zero-order chi connectivity index (χ0) is 27.2. The number of thioether (sulfide) groups is 1. The highest BCUT2D eigenvalue weighted by atomic mass is 79.9. The van der Waals surface area contributed by atoms with Gasteiger partial charge in [-0.2, -0.15) is 0 Å². The lowest BCUT2D eigenvalue weighted by molar-refractivity contribution is -0.142. The molecule has 3 fully saturated rings. The summed E-state index contributed by atoms with van der Waals surface area (Å²) in [6.45, 7) is 3.58. The molecule has 0 aromatic heterocycles. The van der Waals surface area contributed by atoms with Crippen LogP contribution in [0.4, 0.5) is 11.4 Å². The summed E-state index contributed by atoms with van der Waals surface area (Å²) < 4.78 is 4.42. The Balaban J connectivity index is 1.52. The van der Waals surface area contributed by atoms with Crippen LogP contribution in [0.2, 0.25) is 0 Å². The van der Waals surface area contributed by atoms with Gasteiger partial charge in [0.2, 0.25) is 17.7 Å². The van der Waals surface area contributed by atoms with Crippen LogP contribution in [0, 0.1) is 17.8 Å². The number of fused-ring (bicyclic) bond motifs is 1. The van der Waals surface area contributed by atoms with E-state index in [1.54, 1.807) is 48.0 Å². The zero-order valence-electron chi connectivity index (χ0n) is 21.5. The Morgan fingerprint density at radius 2 is 1.74 bits per heavy atom. The molecule has 3 unspecified atom stereocenters. The maximum atomic E-state index is 14.2. The summed E-state index contributed by atoms with van der Waals surface area (Å²) >= 11 is 5.35. The minimum absolute atomic E-state index is 0.0362. The molecule has 3 aliphatic rings. The van der Waals surface area contributed by atoms with Gasteiger partial charge in [0.15, 0.2) is 0 Å². The molecule has 5 rings (SSSR count). The molecule has 0 aliphatic carbocycles. The van der Waals surface area contributed by atoms with Crippen molar-refractivity contribution in [1.29, 1.82) is 0 Å². The molecule has 3 amide bonds. The number of methoxy groups -OCH3 is 1. The summed E-state index contributed by atoms with van der Waals surface area (Å²) in [4.78, 5) is 43.4. The number of nitrogens with zero attached hydrogens (tertiary/aromatic N) is 1. The molecule has 3 saturated heterocycles. The predicted molar refractivity (Wildman–Crippen MR) is 151 cm³/mol. The van der Waals surface area contributed by atoms with Crippen molar-refractivity contribution in [2.24, 2.45) is 17.8 Å². The highest BCUT2D eigenvalue weighted by Gasteiger charge is 2.76. The molecular weight excluding hydrogens is 570 g/mol. The number of aliphatic hydroxyl groups is 1. The Bertz CT molecular complexity index is 1210. The van der Waals surface area contributed by atoms with Gasteiger partial charge < -0.3 is 25.4 Å². The van der Waals surface area contributed by atoms with Crippen molar-refractivity contribution in [1.82, 2.24) is 4.90 Å². The molecule has 3 heterocycles. The van der Waals surface area contributed by atoms with Gasteiger partial charge in [-0.25, -0.2) is 0 Å². The fourth-order valence-corrected chi connectivity index (χ4v) is 9.88. The number of nitrogens with one attached hydrogen (secondary N) is 2. The van der Waals surface area contributed by atoms with Crippen LogP contribution in [0.25, 0.3) is 0 Å². The Hall–Kier alpha value is -2.56. The molecule has 2 bridgehead atoms. The third kappa shape index (κ3) is 4.40. The molecule has 0 saturated carbocycles. The number of rotatable bonds is 8. The fourth-order valence-electron chi connectivity index (χ4n) is 6.28. The summed E-state index contributed by atoms with van der Waals surface area (Å²) in [7, 11) is 1.57. The molecule has 2 aromatic rings. The number of para-hydroxylation sites is 1. The van der Waals surface area contributed by atoms with Gasteiger partial charge in [0.05, 0.1) is 36.3 Å². The van der Waals surface area contributed by atoms with Crippen molar-refractivity contribution >= 4 is 56.8 Å². The SMILES string of the molecule is COc1ccc(NC(=O)C2N([C@@H](CO)C(C)C)C(=O)[C@@H]3[C@@H](C(=O)Nc4ccccc4)[C@@H]4SC23CC4Br)cc1. The largest absolute Gasteiger partial charge is 0.497 e. The summed E-state index contributed by atoms with van der Waals surface area (Å²) in [5.41, 5.74) is 1.25. The van der Waals surface area contributed by atoms with Gasteiger partial charge in [-0.1, -0.05) is 48.0 Å². The normalized spacial score (nSPS) is 30.3. The highest BCUT2D eigenvalue weighted by Crippen LogP contribution is 2.68. The summed E-state index contributed by atoms with van der Waals surface area (Å²) in [6.07, 6.45) is 0.571. The molecule has 1 spiro atoms. The lowest BCUT2D eigenvalue weighted by atomic mass is 9.70. The average molecular weight is 603 g/mol. The predicted octanol–water partition coefficient (Wildman–Crippen LogP) is 3.75. The number of carbonyl (C=O) groups is 3. The van der Waals surface area contributed by atoms with E-state index in [0.29, 0.717) is 23.5 Å². The first-order chi connectivity index (χ1) is 18.2.